The van der Waals surface area contributed by atoms with Crippen molar-refractivity contribution in [3.8, 4) is 0 Å². The highest BCUT2D eigenvalue weighted by atomic mass is 16.5. The first-order valence-electron chi connectivity index (χ1n) is 7.81. The van der Waals surface area contributed by atoms with Gasteiger partial charge in [-0.3, -0.25) is 0 Å². The van der Waals surface area contributed by atoms with E-state index >= 15 is 0 Å². The molecule has 2 aliphatic rings. The van der Waals surface area contributed by atoms with Gasteiger partial charge in [-0.1, -0.05) is 0 Å². The van der Waals surface area contributed by atoms with Crippen LogP contribution in [0.4, 0.5) is 0 Å². The molecule has 1 aromatic heterocycles. The van der Waals surface area contributed by atoms with E-state index in [9.17, 15) is 0 Å². The third-order valence-corrected chi connectivity index (χ3v) is 4.73. The highest BCUT2D eigenvalue weighted by molar-refractivity contribution is 5.06. The van der Waals surface area contributed by atoms with E-state index < -0.39 is 0 Å². The molecule has 0 aromatic carbocycles. The summed E-state index contributed by atoms with van der Waals surface area (Å²) < 4.78 is 8.15. The highest BCUT2D eigenvalue weighted by Gasteiger charge is 2.51. The Hall–Kier alpha value is -0.940. The van der Waals surface area contributed by atoms with E-state index in [1.165, 1.54) is 12.8 Å². The number of rotatable bonds is 6. The summed E-state index contributed by atoms with van der Waals surface area (Å²) in [7, 11) is 2.04. The van der Waals surface area contributed by atoms with Crippen molar-refractivity contribution in [2.45, 2.75) is 51.7 Å². The van der Waals surface area contributed by atoms with Gasteiger partial charge in [0, 0.05) is 31.0 Å². The summed E-state index contributed by atoms with van der Waals surface area (Å²) in [4.78, 5) is 4.51. The zero-order valence-corrected chi connectivity index (χ0v) is 12.8. The lowest BCUT2D eigenvalue weighted by atomic mass is 9.75. The second-order valence-electron chi connectivity index (χ2n) is 6.66. The lowest BCUT2D eigenvalue weighted by molar-refractivity contribution is 0.0300. The molecule has 5 heteroatoms. The number of nitrogens with one attached hydrogen (secondary N) is 1. The minimum absolute atomic E-state index is 0.190. The quantitative estimate of drug-likeness (QED) is 0.862. The van der Waals surface area contributed by atoms with Gasteiger partial charge in [0.15, 0.2) is 0 Å². The molecule has 1 saturated heterocycles. The Labute approximate surface area is 121 Å². The molecule has 2 fully saturated rings. The lowest BCUT2D eigenvalue weighted by Gasteiger charge is -2.34. The topological polar surface area (TPSA) is 52.0 Å². The molecule has 1 aromatic rings. The van der Waals surface area contributed by atoms with Crippen LogP contribution < -0.4 is 5.32 Å². The van der Waals surface area contributed by atoms with Gasteiger partial charge in [-0.2, -0.15) is 5.10 Å². The molecule has 1 aliphatic carbocycles. The molecule has 2 heterocycles. The third kappa shape index (κ3) is 2.49. The number of hydrogen-bond donors (Lipinski definition) is 1. The predicted molar refractivity (Wildman–Crippen MR) is 77.6 cm³/mol. The lowest BCUT2D eigenvalue weighted by Crippen LogP contribution is -2.43. The Morgan fingerprint density at radius 1 is 1.50 bits per heavy atom. The summed E-state index contributed by atoms with van der Waals surface area (Å²) in [6.07, 6.45) is 6.82. The molecule has 0 bridgehead atoms. The number of hydrogen-bond acceptors (Lipinski definition) is 4. The summed E-state index contributed by atoms with van der Waals surface area (Å²) in [6, 6.07) is 0.362. The van der Waals surface area contributed by atoms with E-state index in [1.807, 2.05) is 7.05 Å². The minimum Gasteiger partial charge on any atom is -0.377 e. The van der Waals surface area contributed by atoms with E-state index in [2.05, 4.69) is 33.9 Å². The van der Waals surface area contributed by atoms with Gasteiger partial charge in [0.1, 0.15) is 12.2 Å². The number of aromatic nitrogens is 3. The molecule has 2 unspecified atom stereocenters. The number of ether oxygens (including phenoxy) is 1. The first kappa shape index (κ1) is 14.0. The van der Waals surface area contributed by atoms with Crippen LogP contribution in [0, 0.1) is 11.3 Å². The average Bonchev–Trinajstić information content (AvgIpc) is 3.00. The van der Waals surface area contributed by atoms with Gasteiger partial charge in [-0.15, -0.1) is 0 Å². The maximum Gasteiger partial charge on any atom is 0.138 e. The fourth-order valence-corrected chi connectivity index (χ4v) is 3.68. The molecular formula is C15H26N4O. The predicted octanol–water partition coefficient (Wildman–Crippen LogP) is 1.81. The van der Waals surface area contributed by atoms with E-state index in [0.717, 1.165) is 37.7 Å². The zero-order valence-electron chi connectivity index (χ0n) is 12.8. The Bertz CT molecular complexity index is 454. The van der Waals surface area contributed by atoms with Crippen molar-refractivity contribution in [1.82, 2.24) is 20.1 Å². The summed E-state index contributed by atoms with van der Waals surface area (Å²) >= 11 is 0. The molecule has 5 nitrogen and oxygen atoms in total. The van der Waals surface area contributed by atoms with Gasteiger partial charge < -0.3 is 10.1 Å². The number of nitrogens with zero attached hydrogens (tertiary/aromatic N) is 3. The fourth-order valence-electron chi connectivity index (χ4n) is 3.68. The molecule has 0 amide bonds. The first-order valence-corrected chi connectivity index (χ1v) is 7.81. The van der Waals surface area contributed by atoms with E-state index in [1.54, 1.807) is 6.33 Å². The van der Waals surface area contributed by atoms with Gasteiger partial charge in [0.05, 0.1) is 6.10 Å². The summed E-state index contributed by atoms with van der Waals surface area (Å²) in [5, 5.41) is 7.77. The zero-order chi connectivity index (χ0) is 14.2. The fraction of sp³-hybridized carbons (Fsp3) is 0.867. The van der Waals surface area contributed by atoms with Crippen molar-refractivity contribution in [3.05, 3.63) is 12.2 Å². The Morgan fingerprint density at radius 2 is 2.30 bits per heavy atom. The van der Waals surface area contributed by atoms with E-state index in [-0.39, 0.29) is 5.41 Å². The van der Waals surface area contributed by atoms with Crippen LogP contribution in [0.15, 0.2) is 6.33 Å². The highest BCUT2D eigenvalue weighted by Crippen LogP contribution is 2.49. The van der Waals surface area contributed by atoms with Crippen LogP contribution in [-0.2, 0) is 11.2 Å². The normalized spacial score (nSPS) is 30.3. The SMILES string of the molecule is CNCC1(Cc2ncnn2C(C)C)CCOC1C1CC1. The van der Waals surface area contributed by atoms with Crippen LogP contribution in [0.5, 0.6) is 0 Å². The maximum absolute atomic E-state index is 6.10. The van der Waals surface area contributed by atoms with Crippen molar-refractivity contribution < 1.29 is 4.74 Å². The van der Waals surface area contributed by atoms with Gasteiger partial charge in [0.25, 0.3) is 0 Å². The second kappa shape index (κ2) is 5.45. The molecule has 0 radical (unpaired) electrons. The minimum atomic E-state index is 0.190. The van der Waals surface area contributed by atoms with Gasteiger partial charge in [0.2, 0.25) is 0 Å². The molecule has 20 heavy (non-hydrogen) atoms. The van der Waals surface area contributed by atoms with Crippen LogP contribution in [0.2, 0.25) is 0 Å². The standard InChI is InChI=1S/C15H26N4O/c1-11(2)19-13(17-10-18-19)8-15(9-16-3)6-7-20-14(15)12-4-5-12/h10-12,14,16H,4-9H2,1-3H3. The van der Waals surface area contributed by atoms with Crippen LogP contribution in [-0.4, -0.2) is 41.1 Å². The molecule has 3 rings (SSSR count). The van der Waals surface area contributed by atoms with Crippen LogP contribution in [0.1, 0.15) is 45.0 Å². The van der Waals surface area contributed by atoms with Crippen molar-refractivity contribution in [1.29, 1.82) is 0 Å². The van der Waals surface area contributed by atoms with E-state index in [0.29, 0.717) is 12.1 Å². The maximum atomic E-state index is 6.10. The smallest absolute Gasteiger partial charge is 0.138 e. The largest absolute Gasteiger partial charge is 0.377 e. The van der Waals surface area contributed by atoms with Gasteiger partial charge in [-0.05, 0) is 46.1 Å². The molecule has 1 saturated carbocycles. The van der Waals surface area contributed by atoms with Crippen LogP contribution in [0.25, 0.3) is 0 Å². The van der Waals surface area contributed by atoms with Crippen molar-refractivity contribution >= 4 is 0 Å². The van der Waals surface area contributed by atoms with Gasteiger partial charge >= 0.3 is 0 Å². The summed E-state index contributed by atoms with van der Waals surface area (Å²) in [5.41, 5.74) is 0.190. The Kier molecular flexibility index (Phi) is 3.82. The first-order chi connectivity index (χ1) is 9.66. The summed E-state index contributed by atoms with van der Waals surface area (Å²) in [6.45, 7) is 6.21. The van der Waals surface area contributed by atoms with Crippen LogP contribution in [0.3, 0.4) is 0 Å². The van der Waals surface area contributed by atoms with Crippen molar-refractivity contribution in [3.63, 3.8) is 0 Å². The Morgan fingerprint density at radius 3 is 2.95 bits per heavy atom. The average molecular weight is 278 g/mol. The van der Waals surface area contributed by atoms with E-state index in [4.69, 9.17) is 4.74 Å². The molecule has 2 atom stereocenters. The third-order valence-electron chi connectivity index (χ3n) is 4.73. The molecule has 1 N–H and O–H groups in total. The van der Waals surface area contributed by atoms with Crippen LogP contribution >= 0.6 is 0 Å². The van der Waals surface area contributed by atoms with Crippen molar-refractivity contribution in [2.24, 2.45) is 11.3 Å². The molecular weight excluding hydrogens is 252 g/mol. The second-order valence-corrected chi connectivity index (χ2v) is 6.66. The Balaban J connectivity index is 1.84. The molecule has 0 spiro atoms. The monoisotopic (exact) mass is 278 g/mol. The summed E-state index contributed by atoms with van der Waals surface area (Å²) in [5.74, 6) is 1.87. The van der Waals surface area contributed by atoms with Crippen molar-refractivity contribution in [2.75, 3.05) is 20.2 Å². The molecule has 112 valence electrons. The van der Waals surface area contributed by atoms with Gasteiger partial charge in [-0.25, -0.2) is 9.67 Å². The molecule has 1 aliphatic heterocycles.